The summed E-state index contributed by atoms with van der Waals surface area (Å²) < 4.78 is 18.5. The summed E-state index contributed by atoms with van der Waals surface area (Å²) in [5.74, 6) is -0.329. The SMILES string of the molecule is CC(C)(C)OC(=O)N1CCCC(C)(C(O)c2ccc(F)cc2)C1. The second kappa shape index (κ2) is 6.48. The van der Waals surface area contributed by atoms with Crippen LogP contribution in [0.3, 0.4) is 0 Å². The van der Waals surface area contributed by atoms with E-state index in [0.717, 1.165) is 12.8 Å². The lowest BCUT2D eigenvalue weighted by molar-refractivity contribution is -0.0347. The zero-order valence-electron chi connectivity index (χ0n) is 14.3. The highest BCUT2D eigenvalue weighted by molar-refractivity contribution is 5.68. The van der Waals surface area contributed by atoms with Crippen molar-refractivity contribution in [2.24, 2.45) is 5.41 Å². The van der Waals surface area contributed by atoms with Crippen molar-refractivity contribution < 1.29 is 19.0 Å². The fourth-order valence-corrected chi connectivity index (χ4v) is 3.02. The van der Waals surface area contributed by atoms with E-state index in [-0.39, 0.29) is 11.9 Å². The highest BCUT2D eigenvalue weighted by Crippen LogP contribution is 2.41. The molecule has 1 amide bonds. The summed E-state index contributed by atoms with van der Waals surface area (Å²) in [7, 11) is 0. The molecule has 1 fully saturated rings. The van der Waals surface area contributed by atoms with Gasteiger partial charge in [-0.1, -0.05) is 19.1 Å². The number of carbonyl (C=O) groups excluding carboxylic acids is 1. The minimum Gasteiger partial charge on any atom is -0.444 e. The largest absolute Gasteiger partial charge is 0.444 e. The molecule has 0 aromatic heterocycles. The van der Waals surface area contributed by atoms with Crippen LogP contribution in [0.25, 0.3) is 0 Å². The molecular weight excluding hydrogens is 297 g/mol. The van der Waals surface area contributed by atoms with Crippen LogP contribution in [0.15, 0.2) is 24.3 Å². The maximum Gasteiger partial charge on any atom is 0.410 e. The first-order valence-corrected chi connectivity index (χ1v) is 8.02. The number of aliphatic hydroxyl groups is 1. The Morgan fingerprint density at radius 2 is 1.96 bits per heavy atom. The number of aliphatic hydroxyl groups excluding tert-OH is 1. The van der Waals surface area contributed by atoms with Crippen molar-refractivity contribution in [3.63, 3.8) is 0 Å². The zero-order chi connectivity index (χ0) is 17.3. The van der Waals surface area contributed by atoms with Gasteiger partial charge in [-0.3, -0.25) is 0 Å². The normalized spacial score (nSPS) is 23.5. The molecule has 1 aromatic rings. The Hall–Kier alpha value is -1.62. The number of likely N-dealkylation sites (tertiary alicyclic amines) is 1. The smallest absolute Gasteiger partial charge is 0.410 e. The van der Waals surface area contributed by atoms with E-state index in [1.807, 2.05) is 27.7 Å². The van der Waals surface area contributed by atoms with Gasteiger partial charge in [-0.25, -0.2) is 9.18 Å². The number of rotatable bonds is 2. The van der Waals surface area contributed by atoms with E-state index in [9.17, 15) is 14.3 Å². The summed E-state index contributed by atoms with van der Waals surface area (Å²) in [4.78, 5) is 13.9. The standard InChI is InChI=1S/C18H26FNO3/c1-17(2,3)23-16(22)20-11-5-10-18(4,12-20)15(21)13-6-8-14(19)9-7-13/h6-9,15,21H,5,10-12H2,1-4H3. The fraction of sp³-hybridized carbons (Fsp3) is 0.611. The molecule has 4 nitrogen and oxygen atoms in total. The zero-order valence-corrected chi connectivity index (χ0v) is 14.3. The molecular formula is C18H26FNO3. The highest BCUT2D eigenvalue weighted by Gasteiger charge is 2.40. The quantitative estimate of drug-likeness (QED) is 0.898. The lowest BCUT2D eigenvalue weighted by Gasteiger charge is -2.43. The molecule has 0 saturated carbocycles. The van der Waals surface area contributed by atoms with Crippen molar-refractivity contribution in [3.05, 3.63) is 35.6 Å². The minimum atomic E-state index is -0.756. The van der Waals surface area contributed by atoms with Gasteiger partial charge in [0.15, 0.2) is 0 Å². The van der Waals surface area contributed by atoms with Crippen molar-refractivity contribution in [2.45, 2.75) is 52.2 Å². The molecule has 2 unspecified atom stereocenters. The van der Waals surface area contributed by atoms with Crippen LogP contribution in [0.4, 0.5) is 9.18 Å². The Labute approximate surface area is 137 Å². The molecule has 1 N–H and O–H groups in total. The van der Waals surface area contributed by atoms with Gasteiger partial charge in [0.2, 0.25) is 0 Å². The number of ether oxygens (including phenoxy) is 1. The molecule has 1 aromatic carbocycles. The number of carbonyl (C=O) groups is 1. The Morgan fingerprint density at radius 3 is 2.52 bits per heavy atom. The third-order valence-electron chi connectivity index (χ3n) is 4.23. The summed E-state index contributed by atoms with van der Waals surface area (Å²) in [5, 5.41) is 10.7. The molecule has 0 radical (unpaired) electrons. The van der Waals surface area contributed by atoms with Gasteiger partial charge in [-0.05, 0) is 51.3 Å². The van der Waals surface area contributed by atoms with Crippen LogP contribution in [0.2, 0.25) is 0 Å². The maximum absolute atomic E-state index is 13.1. The second-order valence-corrected chi connectivity index (χ2v) is 7.61. The van der Waals surface area contributed by atoms with Gasteiger partial charge in [-0.2, -0.15) is 0 Å². The maximum atomic E-state index is 13.1. The molecule has 2 atom stereocenters. The van der Waals surface area contributed by atoms with Crippen LogP contribution < -0.4 is 0 Å². The average molecular weight is 323 g/mol. The van der Waals surface area contributed by atoms with Crippen LogP contribution in [0, 0.1) is 11.2 Å². The predicted octanol–water partition coefficient (Wildman–Crippen LogP) is 3.90. The topological polar surface area (TPSA) is 49.8 Å². The van der Waals surface area contributed by atoms with Gasteiger partial charge < -0.3 is 14.7 Å². The molecule has 1 aliphatic heterocycles. The Kier molecular flexibility index (Phi) is 4.99. The Morgan fingerprint density at radius 1 is 1.35 bits per heavy atom. The van der Waals surface area contributed by atoms with E-state index in [2.05, 4.69) is 0 Å². The van der Waals surface area contributed by atoms with Gasteiger partial charge in [0, 0.05) is 18.5 Å². The molecule has 0 aliphatic carbocycles. The number of hydrogen-bond donors (Lipinski definition) is 1. The third kappa shape index (κ3) is 4.44. The number of nitrogens with zero attached hydrogens (tertiary/aromatic N) is 1. The molecule has 0 spiro atoms. The molecule has 128 valence electrons. The van der Waals surface area contributed by atoms with Crippen molar-refractivity contribution in [1.82, 2.24) is 4.90 Å². The molecule has 0 bridgehead atoms. The van der Waals surface area contributed by atoms with Gasteiger partial charge >= 0.3 is 6.09 Å². The monoisotopic (exact) mass is 323 g/mol. The molecule has 2 rings (SSSR count). The first-order valence-electron chi connectivity index (χ1n) is 8.02. The van der Waals surface area contributed by atoms with Gasteiger partial charge in [0.1, 0.15) is 11.4 Å². The lowest BCUT2D eigenvalue weighted by Crippen LogP contribution is -2.48. The second-order valence-electron chi connectivity index (χ2n) is 7.61. The lowest BCUT2D eigenvalue weighted by atomic mass is 9.74. The van der Waals surface area contributed by atoms with Crippen LogP contribution in [0.5, 0.6) is 0 Å². The van der Waals surface area contributed by atoms with Crippen molar-refractivity contribution in [2.75, 3.05) is 13.1 Å². The number of amides is 1. The molecule has 1 saturated heterocycles. The first-order chi connectivity index (χ1) is 10.6. The average Bonchev–Trinajstić information content (AvgIpc) is 2.45. The van der Waals surface area contributed by atoms with Crippen LogP contribution in [-0.2, 0) is 4.74 Å². The fourth-order valence-electron chi connectivity index (χ4n) is 3.02. The first kappa shape index (κ1) is 17.7. The number of piperidine rings is 1. The summed E-state index contributed by atoms with van der Waals surface area (Å²) in [5.41, 5.74) is -0.354. The van der Waals surface area contributed by atoms with Gasteiger partial charge in [0.25, 0.3) is 0 Å². The van der Waals surface area contributed by atoms with Crippen LogP contribution in [0.1, 0.15) is 52.2 Å². The van der Waals surface area contributed by atoms with Crippen molar-refractivity contribution in [3.8, 4) is 0 Å². The number of halogens is 1. The van der Waals surface area contributed by atoms with E-state index in [1.54, 1.807) is 17.0 Å². The molecule has 5 heteroatoms. The van der Waals surface area contributed by atoms with Crippen LogP contribution >= 0.6 is 0 Å². The van der Waals surface area contributed by atoms with Crippen LogP contribution in [-0.4, -0.2) is 34.8 Å². The van der Waals surface area contributed by atoms with E-state index in [1.165, 1.54) is 12.1 Å². The summed E-state index contributed by atoms with van der Waals surface area (Å²) in [6, 6.07) is 5.88. The summed E-state index contributed by atoms with van der Waals surface area (Å²) >= 11 is 0. The molecule has 1 heterocycles. The van der Waals surface area contributed by atoms with E-state index in [4.69, 9.17) is 4.74 Å². The van der Waals surface area contributed by atoms with E-state index in [0.29, 0.717) is 18.7 Å². The minimum absolute atomic E-state index is 0.329. The van der Waals surface area contributed by atoms with Gasteiger partial charge in [-0.15, -0.1) is 0 Å². The van der Waals surface area contributed by atoms with Gasteiger partial charge in [0.05, 0.1) is 6.10 Å². The molecule has 23 heavy (non-hydrogen) atoms. The van der Waals surface area contributed by atoms with E-state index < -0.39 is 17.1 Å². The molecule has 1 aliphatic rings. The Balaban J connectivity index is 2.11. The number of hydrogen-bond acceptors (Lipinski definition) is 3. The van der Waals surface area contributed by atoms with Crippen molar-refractivity contribution >= 4 is 6.09 Å². The van der Waals surface area contributed by atoms with Crippen molar-refractivity contribution in [1.29, 1.82) is 0 Å². The van der Waals surface area contributed by atoms with E-state index >= 15 is 0 Å². The Bertz CT molecular complexity index is 552. The third-order valence-corrected chi connectivity index (χ3v) is 4.23. The number of benzene rings is 1. The summed E-state index contributed by atoms with van der Waals surface area (Å²) in [6.07, 6.45) is 0.488. The predicted molar refractivity (Wildman–Crippen MR) is 86.5 cm³/mol. The summed E-state index contributed by atoms with van der Waals surface area (Å²) in [6.45, 7) is 8.50. The highest BCUT2D eigenvalue weighted by atomic mass is 19.1.